The Balaban J connectivity index is 2.16. The molecule has 0 N–H and O–H groups in total. The van der Waals surface area contributed by atoms with E-state index in [4.69, 9.17) is 5.26 Å². The number of halogens is 1. The maximum absolute atomic E-state index is 13.8. The van der Waals surface area contributed by atoms with Gasteiger partial charge in [-0.25, -0.2) is 4.39 Å². The van der Waals surface area contributed by atoms with E-state index >= 15 is 0 Å². The predicted octanol–water partition coefficient (Wildman–Crippen LogP) is 3.03. The van der Waals surface area contributed by atoms with E-state index in [1.165, 1.54) is 17.8 Å². The van der Waals surface area contributed by atoms with Crippen LogP contribution in [0.5, 0.6) is 0 Å². The Morgan fingerprint density at radius 1 is 1.50 bits per heavy atom. The topological polar surface area (TPSA) is 41.6 Å². The molecule has 0 saturated heterocycles. The minimum Gasteiger partial charge on any atom is -0.262 e. The van der Waals surface area contributed by atoms with E-state index in [2.05, 4.69) is 5.10 Å². The molecule has 3 nitrogen and oxygen atoms in total. The second-order valence-corrected chi connectivity index (χ2v) is 4.92. The number of aryl methyl sites for hydroxylation is 2. The van der Waals surface area contributed by atoms with E-state index in [1.807, 2.05) is 26.1 Å². The van der Waals surface area contributed by atoms with Crippen molar-refractivity contribution in [2.24, 2.45) is 7.05 Å². The Bertz CT molecular complexity index is 613. The highest BCUT2D eigenvalue weighted by atomic mass is 32.2. The Morgan fingerprint density at radius 3 is 2.89 bits per heavy atom. The summed E-state index contributed by atoms with van der Waals surface area (Å²) in [6.45, 7) is 1.92. The summed E-state index contributed by atoms with van der Waals surface area (Å²) in [4.78, 5) is 0. The molecule has 0 amide bonds. The molecule has 1 aromatic carbocycles. The van der Waals surface area contributed by atoms with E-state index in [1.54, 1.807) is 16.8 Å². The Labute approximate surface area is 109 Å². The molecule has 2 rings (SSSR count). The van der Waals surface area contributed by atoms with Gasteiger partial charge >= 0.3 is 0 Å². The highest BCUT2D eigenvalue weighted by Gasteiger charge is 2.09. The van der Waals surface area contributed by atoms with E-state index in [0.29, 0.717) is 11.3 Å². The molecule has 0 atom stereocenters. The first-order valence-electron chi connectivity index (χ1n) is 5.42. The first-order chi connectivity index (χ1) is 8.61. The third-order valence-corrected chi connectivity index (χ3v) is 3.67. The first kappa shape index (κ1) is 12.7. The summed E-state index contributed by atoms with van der Waals surface area (Å²) in [6, 6.07) is 8.69. The molecule has 0 spiro atoms. The van der Waals surface area contributed by atoms with Crippen LogP contribution in [0.3, 0.4) is 0 Å². The van der Waals surface area contributed by atoms with Crippen molar-refractivity contribution >= 4 is 11.8 Å². The van der Waals surface area contributed by atoms with Crippen LogP contribution < -0.4 is 0 Å². The second kappa shape index (κ2) is 5.23. The average molecular weight is 261 g/mol. The smallest absolute Gasteiger partial charge is 0.144 e. The highest BCUT2D eigenvalue weighted by Crippen LogP contribution is 2.25. The van der Waals surface area contributed by atoms with Gasteiger partial charge in [-0.05, 0) is 24.6 Å². The van der Waals surface area contributed by atoms with Crippen molar-refractivity contribution in [1.29, 1.82) is 5.26 Å². The molecule has 1 heterocycles. The average Bonchev–Trinajstić information content (AvgIpc) is 2.66. The molecular formula is C13H12FN3S. The number of rotatable bonds is 3. The summed E-state index contributed by atoms with van der Waals surface area (Å²) in [7, 11) is 1.86. The van der Waals surface area contributed by atoms with Crippen LogP contribution >= 0.6 is 11.8 Å². The number of nitrogens with zero attached hydrogens (tertiary/aromatic N) is 3. The number of aromatic nitrogens is 2. The molecule has 1 aromatic heterocycles. The Kier molecular flexibility index (Phi) is 3.68. The maximum Gasteiger partial charge on any atom is 0.144 e. The molecule has 0 radical (unpaired) electrons. The quantitative estimate of drug-likeness (QED) is 0.797. The minimum atomic E-state index is -0.425. The summed E-state index contributed by atoms with van der Waals surface area (Å²) in [5.41, 5.74) is 1.57. The molecule has 0 unspecified atom stereocenters. The van der Waals surface area contributed by atoms with Crippen LogP contribution in [0.2, 0.25) is 0 Å². The number of hydrogen-bond acceptors (Lipinski definition) is 3. The Hall–Kier alpha value is -1.80. The van der Waals surface area contributed by atoms with Gasteiger partial charge in [-0.2, -0.15) is 10.4 Å². The number of nitriles is 1. The zero-order valence-electron chi connectivity index (χ0n) is 10.1. The van der Waals surface area contributed by atoms with Gasteiger partial charge in [-0.15, -0.1) is 11.8 Å². The molecule has 92 valence electrons. The molecule has 2 aromatic rings. The first-order valence-corrected chi connectivity index (χ1v) is 6.41. The van der Waals surface area contributed by atoms with Crippen molar-refractivity contribution < 1.29 is 4.39 Å². The van der Waals surface area contributed by atoms with E-state index in [-0.39, 0.29) is 5.56 Å². The lowest BCUT2D eigenvalue weighted by atomic mass is 10.1. The zero-order chi connectivity index (χ0) is 13.1. The standard InChI is InChI=1S/C13H12FN3S/c1-9-6-12(17(2)16-9)18-8-11-5-3-4-10(7-15)13(11)14/h3-6H,8H2,1-2H3. The molecule has 0 saturated carbocycles. The van der Waals surface area contributed by atoms with Crippen LogP contribution in [-0.2, 0) is 12.8 Å². The number of benzene rings is 1. The van der Waals surface area contributed by atoms with Crippen LogP contribution in [0.25, 0.3) is 0 Å². The summed E-state index contributed by atoms with van der Waals surface area (Å²) in [5.74, 6) is 0.0618. The molecule has 0 aliphatic heterocycles. The number of thioether (sulfide) groups is 1. The molecule has 5 heteroatoms. The van der Waals surface area contributed by atoms with Gasteiger partial charge < -0.3 is 0 Å². The van der Waals surface area contributed by atoms with Gasteiger partial charge in [0.15, 0.2) is 0 Å². The molecule has 0 aliphatic carbocycles. The fraction of sp³-hybridized carbons (Fsp3) is 0.231. The van der Waals surface area contributed by atoms with Crippen molar-refractivity contribution in [3.8, 4) is 6.07 Å². The van der Waals surface area contributed by atoms with Crippen molar-refractivity contribution in [3.63, 3.8) is 0 Å². The van der Waals surface area contributed by atoms with Gasteiger partial charge in [0, 0.05) is 12.8 Å². The summed E-state index contributed by atoms with van der Waals surface area (Å²) in [5, 5.41) is 14.0. The third-order valence-electron chi connectivity index (χ3n) is 2.53. The van der Waals surface area contributed by atoms with Crippen LogP contribution in [0.15, 0.2) is 29.3 Å². The fourth-order valence-corrected chi connectivity index (χ4v) is 2.66. The third kappa shape index (κ3) is 2.54. The molecule has 0 aliphatic rings. The van der Waals surface area contributed by atoms with Gasteiger partial charge in [-0.1, -0.05) is 12.1 Å². The van der Waals surface area contributed by atoms with E-state index < -0.39 is 5.82 Å². The second-order valence-electron chi connectivity index (χ2n) is 3.93. The van der Waals surface area contributed by atoms with Gasteiger partial charge in [-0.3, -0.25) is 4.68 Å². The van der Waals surface area contributed by atoms with Crippen LogP contribution in [-0.4, -0.2) is 9.78 Å². The lowest BCUT2D eigenvalue weighted by Crippen LogP contribution is -1.95. The normalized spacial score (nSPS) is 10.3. The minimum absolute atomic E-state index is 0.0919. The van der Waals surface area contributed by atoms with Crippen molar-refractivity contribution in [2.75, 3.05) is 0 Å². The predicted molar refractivity (Wildman–Crippen MR) is 68.6 cm³/mol. The van der Waals surface area contributed by atoms with Crippen molar-refractivity contribution in [2.45, 2.75) is 17.7 Å². The largest absolute Gasteiger partial charge is 0.262 e. The van der Waals surface area contributed by atoms with Gasteiger partial charge in [0.2, 0.25) is 0 Å². The maximum atomic E-state index is 13.8. The van der Waals surface area contributed by atoms with Gasteiger partial charge in [0.25, 0.3) is 0 Å². The van der Waals surface area contributed by atoms with E-state index in [0.717, 1.165) is 10.7 Å². The molecule has 0 bridgehead atoms. The van der Waals surface area contributed by atoms with Crippen LogP contribution in [0.4, 0.5) is 4.39 Å². The van der Waals surface area contributed by atoms with Gasteiger partial charge in [0.05, 0.1) is 16.3 Å². The summed E-state index contributed by atoms with van der Waals surface area (Å²) in [6.07, 6.45) is 0. The molecular weight excluding hydrogens is 249 g/mol. The highest BCUT2D eigenvalue weighted by molar-refractivity contribution is 7.98. The van der Waals surface area contributed by atoms with Crippen LogP contribution in [0, 0.1) is 24.1 Å². The van der Waals surface area contributed by atoms with Crippen molar-refractivity contribution in [1.82, 2.24) is 9.78 Å². The molecule has 0 fully saturated rings. The monoisotopic (exact) mass is 261 g/mol. The summed E-state index contributed by atoms with van der Waals surface area (Å²) >= 11 is 1.51. The summed E-state index contributed by atoms with van der Waals surface area (Å²) < 4.78 is 15.6. The lowest BCUT2D eigenvalue weighted by molar-refractivity contribution is 0.613. The van der Waals surface area contributed by atoms with Crippen molar-refractivity contribution in [3.05, 3.63) is 46.9 Å². The zero-order valence-corrected chi connectivity index (χ0v) is 11.0. The lowest BCUT2D eigenvalue weighted by Gasteiger charge is -2.04. The fourth-order valence-electron chi connectivity index (χ4n) is 1.65. The molecule has 18 heavy (non-hydrogen) atoms. The SMILES string of the molecule is Cc1cc(SCc2cccc(C#N)c2F)n(C)n1. The van der Waals surface area contributed by atoms with E-state index in [9.17, 15) is 4.39 Å². The van der Waals surface area contributed by atoms with Gasteiger partial charge in [0.1, 0.15) is 11.9 Å². The Morgan fingerprint density at radius 2 is 2.28 bits per heavy atom. The van der Waals surface area contributed by atoms with Crippen LogP contribution in [0.1, 0.15) is 16.8 Å². The number of hydrogen-bond donors (Lipinski definition) is 0.